The van der Waals surface area contributed by atoms with Crippen LogP contribution in [0.2, 0.25) is 0 Å². The van der Waals surface area contributed by atoms with E-state index in [0.717, 1.165) is 11.3 Å². The Hall–Kier alpha value is -0.300. The standard InChI is InChI=1S/C9H4F3IS/c10-4-3-14-6-2-1-5(13)8(7(4)6)9(11)12/h1-3,9H. The fourth-order valence-corrected chi connectivity index (χ4v) is 2.81. The van der Waals surface area contributed by atoms with E-state index in [1.807, 2.05) is 0 Å². The Bertz CT molecular complexity index is 478. The number of hydrogen-bond acceptors (Lipinski definition) is 1. The lowest BCUT2D eigenvalue weighted by atomic mass is 10.1. The van der Waals surface area contributed by atoms with E-state index in [1.165, 1.54) is 5.38 Å². The van der Waals surface area contributed by atoms with E-state index >= 15 is 0 Å². The Labute approximate surface area is 95.9 Å². The second kappa shape index (κ2) is 3.69. The third-order valence-corrected chi connectivity index (χ3v) is 3.76. The molecule has 0 aliphatic carbocycles. The minimum Gasteiger partial charge on any atom is -0.205 e. The Morgan fingerprint density at radius 3 is 2.64 bits per heavy atom. The molecule has 1 heterocycles. The first kappa shape index (κ1) is 10.2. The maximum atomic E-state index is 13.2. The van der Waals surface area contributed by atoms with Crippen LogP contribution in [0, 0.1) is 9.39 Å². The molecule has 0 unspecified atom stereocenters. The van der Waals surface area contributed by atoms with Gasteiger partial charge < -0.3 is 0 Å². The molecule has 2 aromatic rings. The predicted molar refractivity (Wildman–Crippen MR) is 59.5 cm³/mol. The molecular weight excluding hydrogens is 324 g/mol. The molecule has 0 aliphatic heterocycles. The van der Waals surface area contributed by atoms with Crippen molar-refractivity contribution in [3.05, 3.63) is 32.5 Å². The molecule has 1 aromatic heterocycles. The van der Waals surface area contributed by atoms with Crippen molar-refractivity contribution in [2.45, 2.75) is 6.43 Å². The van der Waals surface area contributed by atoms with E-state index in [9.17, 15) is 13.2 Å². The zero-order valence-electron chi connectivity index (χ0n) is 6.73. The third kappa shape index (κ3) is 1.52. The summed E-state index contributed by atoms with van der Waals surface area (Å²) in [4.78, 5) is 0. The molecule has 0 bridgehead atoms. The second-order valence-electron chi connectivity index (χ2n) is 2.72. The molecule has 0 radical (unpaired) electrons. The number of alkyl halides is 2. The molecule has 0 saturated carbocycles. The van der Waals surface area contributed by atoms with Crippen LogP contribution in [0.15, 0.2) is 17.5 Å². The van der Waals surface area contributed by atoms with Crippen molar-refractivity contribution in [1.82, 2.24) is 0 Å². The zero-order valence-corrected chi connectivity index (χ0v) is 9.70. The van der Waals surface area contributed by atoms with Gasteiger partial charge in [-0.15, -0.1) is 11.3 Å². The van der Waals surface area contributed by atoms with Gasteiger partial charge in [0.15, 0.2) is 0 Å². The minimum atomic E-state index is -2.63. The highest BCUT2D eigenvalue weighted by Gasteiger charge is 2.19. The number of thiophene rings is 1. The molecular formula is C9H4F3IS. The molecule has 2 rings (SSSR count). The van der Waals surface area contributed by atoms with Crippen LogP contribution in [0.1, 0.15) is 12.0 Å². The fourth-order valence-electron chi connectivity index (χ4n) is 1.31. The van der Waals surface area contributed by atoms with Crippen molar-refractivity contribution in [3.8, 4) is 0 Å². The van der Waals surface area contributed by atoms with Crippen LogP contribution >= 0.6 is 33.9 Å². The van der Waals surface area contributed by atoms with Gasteiger partial charge in [0.2, 0.25) is 0 Å². The average Bonchev–Trinajstić information content (AvgIpc) is 2.47. The van der Waals surface area contributed by atoms with Gasteiger partial charge >= 0.3 is 0 Å². The Kier molecular flexibility index (Phi) is 2.70. The number of hydrogen-bond donors (Lipinski definition) is 0. The van der Waals surface area contributed by atoms with Gasteiger partial charge in [-0.05, 0) is 34.7 Å². The van der Waals surface area contributed by atoms with E-state index in [2.05, 4.69) is 0 Å². The van der Waals surface area contributed by atoms with Crippen molar-refractivity contribution < 1.29 is 13.2 Å². The highest BCUT2D eigenvalue weighted by atomic mass is 127. The smallest absolute Gasteiger partial charge is 0.205 e. The van der Waals surface area contributed by atoms with Gasteiger partial charge in [0.05, 0.1) is 0 Å². The summed E-state index contributed by atoms with van der Waals surface area (Å²) < 4.78 is 39.5. The molecule has 74 valence electrons. The highest BCUT2D eigenvalue weighted by molar-refractivity contribution is 14.1. The quantitative estimate of drug-likeness (QED) is 0.672. The first-order valence-corrected chi connectivity index (χ1v) is 5.70. The molecule has 0 atom stereocenters. The summed E-state index contributed by atoms with van der Waals surface area (Å²) in [7, 11) is 0. The lowest BCUT2D eigenvalue weighted by Crippen LogP contribution is -1.91. The van der Waals surface area contributed by atoms with E-state index in [4.69, 9.17) is 0 Å². The molecule has 5 heteroatoms. The summed E-state index contributed by atoms with van der Waals surface area (Å²) in [5, 5.41) is 1.32. The predicted octanol–water partition coefficient (Wildman–Crippen LogP) is 4.58. The van der Waals surface area contributed by atoms with Crippen LogP contribution in [-0.4, -0.2) is 0 Å². The normalized spacial score (nSPS) is 11.5. The van der Waals surface area contributed by atoms with Gasteiger partial charge in [-0.25, -0.2) is 13.2 Å². The molecule has 0 aliphatic rings. The zero-order chi connectivity index (χ0) is 10.3. The average molecular weight is 328 g/mol. The number of halogens is 4. The van der Waals surface area contributed by atoms with Crippen molar-refractivity contribution >= 4 is 44.0 Å². The minimum absolute atomic E-state index is 0.0666. The first-order chi connectivity index (χ1) is 6.61. The van der Waals surface area contributed by atoms with Gasteiger partial charge in [0.25, 0.3) is 6.43 Å². The summed E-state index contributed by atoms with van der Waals surface area (Å²) in [6.45, 7) is 0. The van der Waals surface area contributed by atoms with Gasteiger partial charge in [0.1, 0.15) is 5.82 Å². The molecule has 0 nitrogen and oxygen atoms in total. The van der Waals surface area contributed by atoms with E-state index in [1.54, 1.807) is 34.7 Å². The summed E-state index contributed by atoms with van der Waals surface area (Å²) in [5.41, 5.74) is -0.193. The van der Waals surface area contributed by atoms with Crippen molar-refractivity contribution in [3.63, 3.8) is 0 Å². The molecule has 0 fully saturated rings. The summed E-state index contributed by atoms with van der Waals surface area (Å²) in [6, 6.07) is 3.25. The number of rotatable bonds is 1. The SMILES string of the molecule is Fc1csc2ccc(I)c(C(F)F)c12. The van der Waals surface area contributed by atoms with Crippen molar-refractivity contribution in [1.29, 1.82) is 0 Å². The Morgan fingerprint density at radius 1 is 1.29 bits per heavy atom. The largest absolute Gasteiger partial charge is 0.265 e. The van der Waals surface area contributed by atoms with Gasteiger partial charge in [-0.1, -0.05) is 0 Å². The second-order valence-corrected chi connectivity index (χ2v) is 4.79. The topological polar surface area (TPSA) is 0 Å². The molecule has 0 N–H and O–H groups in total. The number of benzene rings is 1. The summed E-state index contributed by atoms with van der Waals surface area (Å²) in [5.74, 6) is -0.557. The maximum absolute atomic E-state index is 13.2. The summed E-state index contributed by atoms with van der Waals surface area (Å²) in [6.07, 6.45) is -2.63. The highest BCUT2D eigenvalue weighted by Crippen LogP contribution is 2.36. The van der Waals surface area contributed by atoms with Crippen LogP contribution < -0.4 is 0 Å². The van der Waals surface area contributed by atoms with E-state index in [-0.39, 0.29) is 10.9 Å². The first-order valence-electron chi connectivity index (χ1n) is 3.74. The molecule has 14 heavy (non-hydrogen) atoms. The van der Waals surface area contributed by atoms with Crippen LogP contribution in [0.3, 0.4) is 0 Å². The van der Waals surface area contributed by atoms with Crippen molar-refractivity contribution in [2.75, 3.05) is 0 Å². The van der Waals surface area contributed by atoms with Gasteiger partial charge in [0, 0.05) is 24.6 Å². The van der Waals surface area contributed by atoms with Gasteiger partial charge in [-0.2, -0.15) is 0 Å². The Balaban J connectivity index is 2.87. The van der Waals surface area contributed by atoms with Crippen LogP contribution in [0.25, 0.3) is 10.1 Å². The van der Waals surface area contributed by atoms with Crippen molar-refractivity contribution in [2.24, 2.45) is 0 Å². The molecule has 1 aromatic carbocycles. The molecule has 0 spiro atoms. The fraction of sp³-hybridized carbons (Fsp3) is 0.111. The van der Waals surface area contributed by atoms with Crippen LogP contribution in [-0.2, 0) is 0 Å². The van der Waals surface area contributed by atoms with Crippen LogP contribution in [0.4, 0.5) is 13.2 Å². The van der Waals surface area contributed by atoms with E-state index < -0.39 is 12.2 Å². The van der Waals surface area contributed by atoms with Gasteiger partial charge in [-0.3, -0.25) is 0 Å². The summed E-state index contributed by atoms with van der Waals surface area (Å²) >= 11 is 2.94. The lowest BCUT2D eigenvalue weighted by molar-refractivity contribution is 0.152. The monoisotopic (exact) mass is 328 g/mol. The third-order valence-electron chi connectivity index (χ3n) is 1.90. The van der Waals surface area contributed by atoms with E-state index in [0.29, 0.717) is 8.27 Å². The Morgan fingerprint density at radius 2 is 2.00 bits per heavy atom. The number of fused-ring (bicyclic) bond motifs is 1. The molecule has 0 saturated heterocycles. The maximum Gasteiger partial charge on any atom is 0.265 e. The lowest BCUT2D eigenvalue weighted by Gasteiger charge is -2.04. The van der Waals surface area contributed by atoms with Crippen LogP contribution in [0.5, 0.6) is 0 Å². The molecule has 0 amide bonds.